The van der Waals surface area contributed by atoms with Gasteiger partial charge < -0.3 is 10.5 Å². The van der Waals surface area contributed by atoms with Crippen LogP contribution in [-0.2, 0) is 0 Å². The van der Waals surface area contributed by atoms with Gasteiger partial charge in [-0.3, -0.25) is 4.90 Å². The number of hydrogen-bond donors (Lipinski definition) is 1. The minimum Gasteiger partial charge on any atom is -0.476 e. The molecule has 0 spiro atoms. The van der Waals surface area contributed by atoms with Gasteiger partial charge in [0.1, 0.15) is 11.4 Å². The summed E-state index contributed by atoms with van der Waals surface area (Å²) < 4.78 is 5.75. The highest BCUT2D eigenvalue weighted by atomic mass is 32.1. The Balaban J connectivity index is 1.67. The first-order valence-electron chi connectivity index (χ1n) is 6.19. The number of thiophene rings is 1. The third kappa shape index (κ3) is 2.39. The molecule has 1 aliphatic heterocycles. The number of nitrogens with two attached hydrogens (primary N) is 1. The second kappa shape index (κ2) is 5.07. The largest absolute Gasteiger partial charge is 0.476 e. The zero-order chi connectivity index (χ0) is 12.4. The smallest absolute Gasteiger partial charge is 0.227 e. The average Bonchev–Trinajstić information content (AvgIpc) is 2.98. The van der Waals surface area contributed by atoms with Gasteiger partial charge in [0.15, 0.2) is 0 Å². The van der Waals surface area contributed by atoms with Gasteiger partial charge in [-0.05, 0) is 37.4 Å². The van der Waals surface area contributed by atoms with Crippen LogP contribution in [-0.4, -0.2) is 41.1 Å². The minimum absolute atomic E-state index is 0.279. The van der Waals surface area contributed by atoms with Gasteiger partial charge in [-0.2, -0.15) is 4.98 Å². The van der Waals surface area contributed by atoms with Crippen LogP contribution in [0.15, 0.2) is 11.4 Å². The number of anilines is 1. The van der Waals surface area contributed by atoms with Crippen molar-refractivity contribution >= 4 is 27.5 Å². The molecular weight excluding hydrogens is 248 g/mol. The molecule has 0 aliphatic carbocycles. The predicted molar refractivity (Wildman–Crippen MR) is 73.0 cm³/mol. The summed E-state index contributed by atoms with van der Waals surface area (Å²) in [5.74, 6) is 0.888. The van der Waals surface area contributed by atoms with Crippen molar-refractivity contribution in [1.82, 2.24) is 14.9 Å². The summed E-state index contributed by atoms with van der Waals surface area (Å²) in [5, 5.41) is 2.93. The highest BCUT2D eigenvalue weighted by Crippen LogP contribution is 2.27. The molecule has 1 aliphatic rings. The van der Waals surface area contributed by atoms with Crippen molar-refractivity contribution in [2.75, 3.05) is 32.0 Å². The van der Waals surface area contributed by atoms with E-state index in [0.717, 1.165) is 16.8 Å². The molecule has 2 aromatic heterocycles. The standard InChI is InChI=1S/C12H16N4OS/c13-12-14-10(9-3-8-18-11(9)15-12)17-7-6-16-4-1-2-5-16/h3,8H,1-2,4-7H2,(H2,13,14,15). The van der Waals surface area contributed by atoms with Gasteiger partial charge in [-0.15, -0.1) is 11.3 Å². The highest BCUT2D eigenvalue weighted by molar-refractivity contribution is 7.16. The van der Waals surface area contributed by atoms with Gasteiger partial charge in [0, 0.05) is 6.54 Å². The van der Waals surface area contributed by atoms with E-state index in [4.69, 9.17) is 10.5 Å². The van der Waals surface area contributed by atoms with Gasteiger partial charge in [-0.25, -0.2) is 4.98 Å². The number of rotatable bonds is 4. The van der Waals surface area contributed by atoms with Crippen LogP contribution in [0, 0.1) is 0 Å². The maximum absolute atomic E-state index is 5.75. The molecule has 2 aromatic rings. The molecule has 0 aromatic carbocycles. The van der Waals surface area contributed by atoms with Crippen LogP contribution in [0.2, 0.25) is 0 Å². The maximum Gasteiger partial charge on any atom is 0.227 e. The summed E-state index contributed by atoms with van der Waals surface area (Å²) in [5.41, 5.74) is 5.67. The van der Waals surface area contributed by atoms with Crippen molar-refractivity contribution in [2.24, 2.45) is 0 Å². The molecule has 6 heteroatoms. The van der Waals surface area contributed by atoms with E-state index in [-0.39, 0.29) is 5.95 Å². The lowest BCUT2D eigenvalue weighted by molar-refractivity contribution is 0.234. The molecule has 0 bridgehead atoms. The average molecular weight is 264 g/mol. The molecular formula is C12H16N4OS. The summed E-state index contributed by atoms with van der Waals surface area (Å²) in [6.45, 7) is 3.98. The van der Waals surface area contributed by atoms with Gasteiger partial charge in [0.2, 0.25) is 11.8 Å². The molecule has 1 fully saturated rings. The first-order valence-corrected chi connectivity index (χ1v) is 7.07. The second-order valence-corrected chi connectivity index (χ2v) is 5.32. The summed E-state index contributed by atoms with van der Waals surface area (Å²) >= 11 is 1.55. The molecule has 2 N–H and O–H groups in total. The number of nitrogens with zero attached hydrogens (tertiary/aromatic N) is 3. The molecule has 96 valence electrons. The first-order chi connectivity index (χ1) is 8.83. The van der Waals surface area contributed by atoms with Crippen molar-refractivity contribution < 1.29 is 4.74 Å². The van der Waals surface area contributed by atoms with Gasteiger partial charge >= 0.3 is 0 Å². The Labute approximate surface area is 110 Å². The molecule has 3 rings (SSSR count). The number of fused-ring (bicyclic) bond motifs is 1. The van der Waals surface area contributed by atoms with Crippen LogP contribution in [0.3, 0.4) is 0 Å². The first kappa shape index (κ1) is 11.7. The number of aromatic nitrogens is 2. The van der Waals surface area contributed by atoms with Crippen molar-refractivity contribution in [3.63, 3.8) is 0 Å². The third-order valence-electron chi connectivity index (χ3n) is 3.15. The van der Waals surface area contributed by atoms with E-state index in [9.17, 15) is 0 Å². The monoisotopic (exact) mass is 264 g/mol. The predicted octanol–water partition coefficient (Wildman–Crippen LogP) is 1.75. The van der Waals surface area contributed by atoms with E-state index < -0.39 is 0 Å². The normalized spacial score (nSPS) is 16.4. The Kier molecular flexibility index (Phi) is 3.29. The van der Waals surface area contributed by atoms with Crippen molar-refractivity contribution in [2.45, 2.75) is 12.8 Å². The molecule has 1 saturated heterocycles. The molecule has 0 saturated carbocycles. The van der Waals surface area contributed by atoms with Crippen LogP contribution >= 0.6 is 11.3 Å². The van der Waals surface area contributed by atoms with E-state index in [1.807, 2.05) is 11.4 Å². The fraction of sp³-hybridized carbons (Fsp3) is 0.500. The van der Waals surface area contributed by atoms with E-state index in [0.29, 0.717) is 12.5 Å². The molecule has 0 radical (unpaired) electrons. The Morgan fingerprint density at radius 2 is 2.17 bits per heavy atom. The molecule has 18 heavy (non-hydrogen) atoms. The second-order valence-electron chi connectivity index (χ2n) is 4.42. The Hall–Kier alpha value is -1.40. The van der Waals surface area contributed by atoms with Gasteiger partial charge in [-0.1, -0.05) is 0 Å². The summed E-state index contributed by atoms with van der Waals surface area (Å²) in [6.07, 6.45) is 2.60. The van der Waals surface area contributed by atoms with Crippen LogP contribution in [0.25, 0.3) is 10.2 Å². The van der Waals surface area contributed by atoms with Gasteiger partial charge in [0.25, 0.3) is 0 Å². The lowest BCUT2D eigenvalue weighted by Gasteiger charge is -2.14. The fourth-order valence-electron chi connectivity index (χ4n) is 2.23. The van der Waals surface area contributed by atoms with Crippen molar-refractivity contribution in [3.05, 3.63) is 11.4 Å². The topological polar surface area (TPSA) is 64.3 Å². The molecule has 3 heterocycles. The number of hydrogen-bond acceptors (Lipinski definition) is 6. The third-order valence-corrected chi connectivity index (χ3v) is 3.96. The molecule has 0 amide bonds. The summed E-state index contributed by atoms with van der Waals surface area (Å²) in [4.78, 5) is 11.6. The van der Waals surface area contributed by atoms with Crippen molar-refractivity contribution in [3.8, 4) is 5.88 Å². The number of likely N-dealkylation sites (tertiary alicyclic amines) is 1. The lowest BCUT2D eigenvalue weighted by Crippen LogP contribution is -2.25. The quantitative estimate of drug-likeness (QED) is 0.911. The SMILES string of the molecule is Nc1nc(OCCN2CCCC2)c2ccsc2n1. The highest BCUT2D eigenvalue weighted by Gasteiger charge is 2.12. The summed E-state index contributed by atoms with van der Waals surface area (Å²) in [6, 6.07) is 1.98. The van der Waals surface area contributed by atoms with E-state index in [2.05, 4.69) is 14.9 Å². The van der Waals surface area contributed by atoms with Crippen molar-refractivity contribution in [1.29, 1.82) is 0 Å². The van der Waals surface area contributed by atoms with E-state index in [1.165, 1.54) is 25.9 Å². The maximum atomic E-state index is 5.75. The minimum atomic E-state index is 0.279. The van der Waals surface area contributed by atoms with E-state index in [1.54, 1.807) is 11.3 Å². The fourth-order valence-corrected chi connectivity index (χ4v) is 2.99. The zero-order valence-electron chi connectivity index (χ0n) is 10.1. The Bertz CT molecular complexity index is 536. The van der Waals surface area contributed by atoms with Crippen LogP contribution in [0.1, 0.15) is 12.8 Å². The Morgan fingerprint density at radius 3 is 3.00 bits per heavy atom. The van der Waals surface area contributed by atoms with Crippen LogP contribution in [0.5, 0.6) is 5.88 Å². The molecule has 0 atom stereocenters. The number of ether oxygens (including phenoxy) is 1. The van der Waals surface area contributed by atoms with Crippen LogP contribution < -0.4 is 10.5 Å². The summed E-state index contributed by atoms with van der Waals surface area (Å²) in [7, 11) is 0. The number of nitrogen functional groups attached to an aromatic ring is 1. The van der Waals surface area contributed by atoms with Crippen LogP contribution in [0.4, 0.5) is 5.95 Å². The van der Waals surface area contributed by atoms with E-state index >= 15 is 0 Å². The van der Waals surface area contributed by atoms with Gasteiger partial charge in [0.05, 0.1) is 5.39 Å². The molecule has 0 unspecified atom stereocenters. The lowest BCUT2D eigenvalue weighted by atomic mass is 10.4. The Morgan fingerprint density at radius 1 is 1.33 bits per heavy atom. The zero-order valence-corrected chi connectivity index (χ0v) is 10.9. The molecule has 5 nitrogen and oxygen atoms in total.